The first-order valence-corrected chi connectivity index (χ1v) is 7.48. The number of carbonyl (C=O) groups excluding carboxylic acids is 1. The van der Waals surface area contributed by atoms with E-state index in [9.17, 15) is 14.7 Å². The summed E-state index contributed by atoms with van der Waals surface area (Å²) in [4.78, 5) is 25.9. The zero-order valence-corrected chi connectivity index (χ0v) is 12.3. The molecule has 2 fully saturated rings. The van der Waals surface area contributed by atoms with Crippen molar-refractivity contribution in [1.82, 2.24) is 15.3 Å². The maximum atomic E-state index is 12.3. The molecule has 6 nitrogen and oxygen atoms in total. The molecule has 1 aliphatic heterocycles. The van der Waals surface area contributed by atoms with Gasteiger partial charge in [0.1, 0.15) is 0 Å². The van der Waals surface area contributed by atoms with Crippen LogP contribution in [-0.2, 0) is 9.59 Å². The molecule has 1 aliphatic carbocycles. The second-order valence-electron chi connectivity index (χ2n) is 6.06. The maximum absolute atomic E-state index is 12.3. The van der Waals surface area contributed by atoms with E-state index in [1.807, 2.05) is 5.01 Å². The monoisotopic (exact) mass is 283 g/mol. The normalized spacial score (nSPS) is 32.2. The van der Waals surface area contributed by atoms with Gasteiger partial charge in [0, 0.05) is 26.2 Å². The number of hydrazine groups is 1. The van der Waals surface area contributed by atoms with Crippen LogP contribution in [0.5, 0.6) is 0 Å². The summed E-state index contributed by atoms with van der Waals surface area (Å²) in [5.74, 6) is -1.48. The molecule has 2 rings (SSSR count). The molecule has 0 aromatic heterocycles. The van der Waals surface area contributed by atoms with Crippen molar-refractivity contribution in [3.63, 3.8) is 0 Å². The van der Waals surface area contributed by atoms with E-state index in [4.69, 9.17) is 0 Å². The van der Waals surface area contributed by atoms with Crippen molar-refractivity contribution >= 4 is 11.9 Å². The number of rotatable bonds is 4. The van der Waals surface area contributed by atoms with Crippen LogP contribution >= 0.6 is 0 Å². The Morgan fingerprint density at radius 3 is 2.30 bits per heavy atom. The van der Waals surface area contributed by atoms with Crippen LogP contribution in [0, 0.1) is 17.8 Å². The molecule has 1 unspecified atom stereocenters. The van der Waals surface area contributed by atoms with Gasteiger partial charge in [-0.3, -0.25) is 15.0 Å². The molecule has 1 saturated carbocycles. The number of carboxylic acid groups (broad SMARTS) is 1. The first-order chi connectivity index (χ1) is 9.51. The summed E-state index contributed by atoms with van der Waals surface area (Å²) in [5.41, 5.74) is 2.92. The maximum Gasteiger partial charge on any atom is 0.307 e. The molecule has 0 aromatic rings. The van der Waals surface area contributed by atoms with Gasteiger partial charge in [-0.15, -0.1) is 0 Å². The lowest BCUT2D eigenvalue weighted by molar-refractivity contribution is -0.147. The molecule has 6 heteroatoms. The summed E-state index contributed by atoms with van der Waals surface area (Å²) >= 11 is 0. The second-order valence-corrected chi connectivity index (χ2v) is 6.06. The van der Waals surface area contributed by atoms with Crippen molar-refractivity contribution < 1.29 is 14.7 Å². The van der Waals surface area contributed by atoms with Crippen molar-refractivity contribution in [3.8, 4) is 0 Å². The lowest BCUT2D eigenvalue weighted by atomic mass is 9.96. The van der Waals surface area contributed by atoms with Crippen molar-refractivity contribution in [2.45, 2.75) is 26.2 Å². The molecule has 0 bridgehead atoms. The Morgan fingerprint density at radius 1 is 1.15 bits per heavy atom. The zero-order chi connectivity index (χ0) is 14.7. The minimum absolute atomic E-state index is 0.113. The average molecular weight is 283 g/mol. The number of aliphatic carboxylic acids is 1. The van der Waals surface area contributed by atoms with E-state index < -0.39 is 11.9 Å². The highest BCUT2D eigenvalue weighted by atomic mass is 16.4. The van der Waals surface area contributed by atoms with Crippen molar-refractivity contribution in [1.29, 1.82) is 0 Å². The van der Waals surface area contributed by atoms with Gasteiger partial charge in [-0.1, -0.05) is 13.3 Å². The molecule has 0 spiro atoms. The van der Waals surface area contributed by atoms with E-state index in [1.165, 1.54) is 0 Å². The highest BCUT2D eigenvalue weighted by Crippen LogP contribution is 2.38. The molecule has 2 aliphatic rings. The quantitative estimate of drug-likeness (QED) is 0.781. The average Bonchev–Trinajstić information content (AvgIpc) is 2.86. The van der Waals surface area contributed by atoms with E-state index in [2.05, 4.69) is 24.3 Å². The van der Waals surface area contributed by atoms with E-state index in [-0.39, 0.29) is 11.8 Å². The fraction of sp³-hybridized carbons (Fsp3) is 0.857. The topological polar surface area (TPSA) is 72.9 Å². The third kappa shape index (κ3) is 3.49. The molecule has 1 heterocycles. The second kappa shape index (κ2) is 6.54. The van der Waals surface area contributed by atoms with Crippen molar-refractivity contribution in [2.24, 2.45) is 17.8 Å². The Balaban J connectivity index is 1.91. The van der Waals surface area contributed by atoms with Crippen LogP contribution < -0.4 is 5.43 Å². The first-order valence-electron chi connectivity index (χ1n) is 7.48. The molecule has 1 amide bonds. The predicted molar refractivity (Wildman–Crippen MR) is 74.8 cm³/mol. The first kappa shape index (κ1) is 15.3. The number of hydrogen-bond acceptors (Lipinski definition) is 4. The molecule has 2 N–H and O–H groups in total. The molecule has 0 radical (unpaired) electrons. The highest BCUT2D eigenvalue weighted by Gasteiger charge is 2.42. The van der Waals surface area contributed by atoms with Crippen molar-refractivity contribution in [3.05, 3.63) is 0 Å². The van der Waals surface area contributed by atoms with Gasteiger partial charge in [-0.05, 0) is 25.8 Å². The number of hydrogen-bond donors (Lipinski definition) is 2. The van der Waals surface area contributed by atoms with Gasteiger partial charge < -0.3 is 10.0 Å². The summed E-state index contributed by atoms with van der Waals surface area (Å²) in [6, 6.07) is 0. The summed E-state index contributed by atoms with van der Waals surface area (Å²) in [7, 11) is 2.06. The third-order valence-corrected chi connectivity index (χ3v) is 4.66. The number of nitrogens with zero attached hydrogens (tertiary/aromatic N) is 2. The van der Waals surface area contributed by atoms with Crippen LogP contribution in [0.4, 0.5) is 0 Å². The number of likely N-dealkylation sites (N-methyl/N-ethyl adjacent to an activating group) is 1. The molecule has 3 atom stereocenters. The molecule has 114 valence electrons. The zero-order valence-electron chi connectivity index (χ0n) is 12.3. The summed E-state index contributed by atoms with van der Waals surface area (Å²) in [6.45, 7) is 5.49. The Bertz CT molecular complexity index is 367. The smallest absolute Gasteiger partial charge is 0.307 e. The largest absolute Gasteiger partial charge is 0.481 e. The van der Waals surface area contributed by atoms with Gasteiger partial charge in [0.15, 0.2) is 0 Å². The lowest BCUT2D eigenvalue weighted by Crippen LogP contribution is -2.54. The Hall–Kier alpha value is -1.14. The van der Waals surface area contributed by atoms with Crippen LogP contribution in [0.1, 0.15) is 26.2 Å². The van der Waals surface area contributed by atoms with Crippen LogP contribution in [0.3, 0.4) is 0 Å². The minimum Gasteiger partial charge on any atom is -0.481 e. The minimum atomic E-state index is -0.834. The third-order valence-electron chi connectivity index (χ3n) is 4.66. The van der Waals surface area contributed by atoms with Crippen LogP contribution in [0.15, 0.2) is 0 Å². The van der Waals surface area contributed by atoms with Crippen molar-refractivity contribution in [2.75, 3.05) is 33.2 Å². The van der Waals surface area contributed by atoms with Gasteiger partial charge in [-0.2, -0.15) is 0 Å². The van der Waals surface area contributed by atoms with Gasteiger partial charge in [-0.25, -0.2) is 5.01 Å². The van der Waals surface area contributed by atoms with E-state index in [0.717, 1.165) is 32.6 Å². The fourth-order valence-electron chi connectivity index (χ4n) is 3.20. The molecule has 20 heavy (non-hydrogen) atoms. The number of carbonyl (C=O) groups is 2. The summed E-state index contributed by atoms with van der Waals surface area (Å²) in [6.07, 6.45) is 2.28. The van der Waals surface area contributed by atoms with E-state index in [1.54, 1.807) is 0 Å². The van der Waals surface area contributed by atoms with Gasteiger partial charge >= 0.3 is 5.97 Å². The summed E-state index contributed by atoms with van der Waals surface area (Å²) in [5, 5.41) is 11.2. The van der Waals surface area contributed by atoms with Gasteiger partial charge in [0.2, 0.25) is 5.91 Å². The molecular weight excluding hydrogens is 258 g/mol. The summed E-state index contributed by atoms with van der Waals surface area (Å²) < 4.78 is 0. The standard InChI is InChI=1S/C14H25N3O3/c1-3-10-8-11(12(9-10)14(19)20)13(18)15-17-6-4-16(2)5-7-17/h10-12H,3-9H2,1-2H3,(H,15,18)(H,19,20)/t10?,11-,12+/m0/s1. The molecule has 1 saturated heterocycles. The Kier molecular flexibility index (Phi) is 4.99. The number of piperazine rings is 1. The predicted octanol–water partition coefficient (Wildman–Crippen LogP) is 0.402. The number of nitrogens with one attached hydrogen (secondary N) is 1. The van der Waals surface area contributed by atoms with Crippen LogP contribution in [-0.4, -0.2) is 60.1 Å². The SMILES string of the molecule is CCC1C[C@H](C(=O)NN2CCN(C)CC2)[C@H](C(=O)O)C1. The van der Waals surface area contributed by atoms with E-state index >= 15 is 0 Å². The van der Waals surface area contributed by atoms with Gasteiger partial charge in [0.25, 0.3) is 0 Å². The van der Waals surface area contributed by atoms with E-state index in [0.29, 0.717) is 18.8 Å². The van der Waals surface area contributed by atoms with Gasteiger partial charge in [0.05, 0.1) is 11.8 Å². The Morgan fingerprint density at radius 2 is 1.75 bits per heavy atom. The number of amides is 1. The van der Waals surface area contributed by atoms with Crippen LogP contribution in [0.25, 0.3) is 0 Å². The number of carboxylic acids is 1. The Labute approximate surface area is 120 Å². The highest BCUT2D eigenvalue weighted by molar-refractivity contribution is 5.85. The lowest BCUT2D eigenvalue weighted by Gasteiger charge is -2.33. The molecule has 0 aromatic carbocycles. The van der Waals surface area contributed by atoms with Crippen LogP contribution in [0.2, 0.25) is 0 Å². The fourth-order valence-corrected chi connectivity index (χ4v) is 3.20. The molecular formula is C14H25N3O3.